The van der Waals surface area contributed by atoms with Crippen LogP contribution in [0.1, 0.15) is 17.5 Å². The summed E-state index contributed by atoms with van der Waals surface area (Å²) in [4.78, 5) is 4.28. The summed E-state index contributed by atoms with van der Waals surface area (Å²) in [5.74, 6) is 0.413. The van der Waals surface area contributed by atoms with E-state index < -0.39 is 0 Å². The molecule has 0 radical (unpaired) electrons. The Balaban J connectivity index is 0.00000162. The Bertz CT molecular complexity index is 426. The van der Waals surface area contributed by atoms with E-state index in [4.69, 9.17) is 5.11 Å². The third-order valence-electron chi connectivity index (χ3n) is 2.64. The molecule has 2 rings (SSSR count). The highest BCUT2D eigenvalue weighted by Gasteiger charge is 2.05. The molecule has 100 valence electrons. The molecular weight excluding hydrogens is 348 g/mol. The minimum absolute atomic E-state index is 0. The van der Waals surface area contributed by atoms with Crippen molar-refractivity contribution in [2.45, 2.75) is 19.6 Å². The van der Waals surface area contributed by atoms with Crippen LogP contribution >= 0.6 is 24.0 Å². The number of rotatable bonds is 3. The maximum absolute atomic E-state index is 13.1. The van der Waals surface area contributed by atoms with Crippen LogP contribution in [0.4, 0.5) is 4.39 Å². The van der Waals surface area contributed by atoms with Gasteiger partial charge in [-0.25, -0.2) is 4.39 Å². The van der Waals surface area contributed by atoms with E-state index in [2.05, 4.69) is 15.6 Å². The van der Waals surface area contributed by atoms with E-state index in [1.807, 2.05) is 0 Å². The van der Waals surface area contributed by atoms with Crippen LogP contribution in [0.5, 0.6) is 0 Å². The van der Waals surface area contributed by atoms with Crippen LogP contribution < -0.4 is 10.6 Å². The molecule has 0 saturated heterocycles. The van der Waals surface area contributed by atoms with Crippen molar-refractivity contribution in [1.82, 2.24) is 10.6 Å². The number of nitrogens with zero attached hydrogens (tertiary/aromatic N) is 1. The predicted molar refractivity (Wildman–Crippen MR) is 79.5 cm³/mol. The van der Waals surface area contributed by atoms with Crippen LogP contribution in [0.25, 0.3) is 0 Å². The molecule has 0 aromatic heterocycles. The van der Waals surface area contributed by atoms with Gasteiger partial charge in [0.2, 0.25) is 0 Å². The highest BCUT2D eigenvalue weighted by Crippen LogP contribution is 2.10. The third kappa shape index (κ3) is 4.09. The molecule has 6 heteroatoms. The molecular formula is C12H17FIN3O. The van der Waals surface area contributed by atoms with Gasteiger partial charge in [-0.2, -0.15) is 0 Å². The molecule has 0 unspecified atom stereocenters. The van der Waals surface area contributed by atoms with Crippen LogP contribution in [0.2, 0.25) is 0 Å². The molecule has 1 aromatic rings. The highest BCUT2D eigenvalue weighted by molar-refractivity contribution is 14.0. The Kier molecular flexibility index (Phi) is 6.34. The average molecular weight is 365 g/mol. The van der Waals surface area contributed by atoms with Crippen molar-refractivity contribution in [1.29, 1.82) is 0 Å². The van der Waals surface area contributed by atoms with Crippen LogP contribution in [0, 0.1) is 5.82 Å². The van der Waals surface area contributed by atoms with E-state index in [-0.39, 0.29) is 36.4 Å². The van der Waals surface area contributed by atoms with Gasteiger partial charge in [0, 0.05) is 25.2 Å². The molecule has 0 amide bonds. The molecule has 1 aromatic carbocycles. The Hall–Kier alpha value is -0.890. The fourth-order valence-electron chi connectivity index (χ4n) is 1.70. The smallest absolute Gasteiger partial charge is 0.191 e. The normalized spacial score (nSPS) is 14.2. The van der Waals surface area contributed by atoms with Crippen LogP contribution in [0.15, 0.2) is 23.2 Å². The van der Waals surface area contributed by atoms with Crippen molar-refractivity contribution in [3.05, 3.63) is 35.1 Å². The van der Waals surface area contributed by atoms with Crippen molar-refractivity contribution >= 4 is 29.9 Å². The second-order valence-electron chi connectivity index (χ2n) is 3.95. The molecule has 0 saturated carbocycles. The molecule has 0 aliphatic carbocycles. The van der Waals surface area contributed by atoms with Gasteiger partial charge in [-0.3, -0.25) is 4.99 Å². The molecule has 0 bridgehead atoms. The molecule has 0 spiro atoms. The van der Waals surface area contributed by atoms with E-state index in [0.29, 0.717) is 12.1 Å². The second-order valence-corrected chi connectivity index (χ2v) is 3.95. The van der Waals surface area contributed by atoms with Gasteiger partial charge in [0.25, 0.3) is 0 Å². The SMILES string of the molecule is I.OCc1cc(CNC2=NCCCN2)ccc1F. The molecule has 1 aliphatic heterocycles. The lowest BCUT2D eigenvalue weighted by Gasteiger charge is -2.16. The average Bonchev–Trinajstić information content (AvgIpc) is 2.39. The Morgan fingerprint density at radius 2 is 2.28 bits per heavy atom. The van der Waals surface area contributed by atoms with Gasteiger partial charge in [0.1, 0.15) is 5.82 Å². The molecule has 4 nitrogen and oxygen atoms in total. The number of nitrogens with one attached hydrogen (secondary N) is 2. The summed E-state index contributed by atoms with van der Waals surface area (Å²) in [6.45, 7) is 2.05. The number of hydrogen-bond donors (Lipinski definition) is 3. The zero-order chi connectivity index (χ0) is 12.1. The Labute approximate surface area is 123 Å². The Morgan fingerprint density at radius 3 is 2.94 bits per heavy atom. The minimum Gasteiger partial charge on any atom is -0.392 e. The highest BCUT2D eigenvalue weighted by atomic mass is 127. The molecule has 0 fully saturated rings. The van der Waals surface area contributed by atoms with Crippen molar-refractivity contribution in [2.75, 3.05) is 13.1 Å². The maximum Gasteiger partial charge on any atom is 0.191 e. The molecule has 1 heterocycles. The van der Waals surface area contributed by atoms with Gasteiger partial charge in [0.15, 0.2) is 5.96 Å². The maximum atomic E-state index is 13.1. The van der Waals surface area contributed by atoms with Crippen molar-refractivity contribution in [3.8, 4) is 0 Å². The largest absolute Gasteiger partial charge is 0.392 e. The second kappa shape index (κ2) is 7.52. The van der Waals surface area contributed by atoms with Crippen LogP contribution in [0.3, 0.4) is 0 Å². The quantitative estimate of drug-likeness (QED) is 0.710. The summed E-state index contributed by atoms with van der Waals surface area (Å²) in [7, 11) is 0. The van der Waals surface area contributed by atoms with Crippen molar-refractivity contribution in [2.24, 2.45) is 4.99 Å². The van der Waals surface area contributed by atoms with Crippen LogP contribution in [-0.4, -0.2) is 24.2 Å². The predicted octanol–water partition coefficient (Wildman–Crippen LogP) is 1.37. The lowest BCUT2D eigenvalue weighted by molar-refractivity contribution is 0.275. The first-order chi connectivity index (χ1) is 8.29. The molecule has 1 aliphatic rings. The summed E-state index contributed by atoms with van der Waals surface area (Å²) in [5, 5.41) is 15.3. The molecule has 3 N–H and O–H groups in total. The summed E-state index contributed by atoms with van der Waals surface area (Å²) in [6, 6.07) is 4.73. The summed E-state index contributed by atoms with van der Waals surface area (Å²) in [6.07, 6.45) is 1.05. The number of halogens is 2. The van der Waals surface area contributed by atoms with Gasteiger partial charge in [-0.1, -0.05) is 6.07 Å². The zero-order valence-electron chi connectivity index (χ0n) is 9.95. The summed E-state index contributed by atoms with van der Waals surface area (Å²) in [5.41, 5.74) is 1.24. The first-order valence-corrected chi connectivity index (χ1v) is 5.70. The first-order valence-electron chi connectivity index (χ1n) is 5.70. The van der Waals surface area contributed by atoms with Gasteiger partial charge < -0.3 is 15.7 Å². The zero-order valence-corrected chi connectivity index (χ0v) is 12.3. The van der Waals surface area contributed by atoms with Crippen molar-refractivity contribution in [3.63, 3.8) is 0 Å². The van der Waals surface area contributed by atoms with E-state index in [1.54, 1.807) is 12.1 Å². The van der Waals surface area contributed by atoms with Crippen molar-refractivity contribution < 1.29 is 9.50 Å². The third-order valence-corrected chi connectivity index (χ3v) is 2.64. The number of benzene rings is 1. The van der Waals surface area contributed by atoms with E-state index >= 15 is 0 Å². The number of hydrogen-bond acceptors (Lipinski definition) is 4. The fourth-order valence-corrected chi connectivity index (χ4v) is 1.70. The number of aliphatic hydroxyl groups is 1. The Morgan fingerprint density at radius 1 is 1.44 bits per heavy atom. The van der Waals surface area contributed by atoms with Gasteiger partial charge in [-0.05, 0) is 24.1 Å². The minimum atomic E-state index is -0.371. The van der Waals surface area contributed by atoms with Crippen LogP contribution in [-0.2, 0) is 13.2 Å². The topological polar surface area (TPSA) is 56.6 Å². The number of aliphatic imine (C=N–C) groups is 1. The molecule has 0 atom stereocenters. The summed E-state index contributed by atoms with van der Waals surface area (Å²) < 4.78 is 13.1. The van der Waals surface area contributed by atoms with Gasteiger partial charge in [-0.15, -0.1) is 24.0 Å². The standard InChI is InChI=1S/C12H16FN3O.HI/c13-11-3-2-9(6-10(11)8-17)7-16-12-14-4-1-5-15-12;/h2-3,6,17H,1,4-5,7-8H2,(H2,14,15,16);1H. The first kappa shape index (κ1) is 15.2. The lowest BCUT2D eigenvalue weighted by atomic mass is 10.1. The van der Waals surface area contributed by atoms with Gasteiger partial charge in [0.05, 0.1) is 6.61 Å². The number of aliphatic hydroxyl groups excluding tert-OH is 1. The fraction of sp³-hybridized carbons (Fsp3) is 0.417. The van der Waals surface area contributed by atoms with E-state index in [0.717, 1.165) is 31.0 Å². The van der Waals surface area contributed by atoms with Gasteiger partial charge >= 0.3 is 0 Å². The number of guanidine groups is 1. The summed E-state index contributed by atoms with van der Waals surface area (Å²) >= 11 is 0. The van der Waals surface area contributed by atoms with E-state index in [9.17, 15) is 4.39 Å². The monoisotopic (exact) mass is 365 g/mol. The molecule has 18 heavy (non-hydrogen) atoms. The van der Waals surface area contributed by atoms with E-state index in [1.165, 1.54) is 6.07 Å². The lowest BCUT2D eigenvalue weighted by Crippen LogP contribution is -2.40.